The third-order valence-corrected chi connectivity index (χ3v) is 4.46. The zero-order chi connectivity index (χ0) is 15.0. The van der Waals surface area contributed by atoms with Gasteiger partial charge in [0.15, 0.2) is 0 Å². The van der Waals surface area contributed by atoms with Crippen molar-refractivity contribution in [3.63, 3.8) is 0 Å². The lowest BCUT2D eigenvalue weighted by Gasteiger charge is -2.08. The Kier molecular flexibility index (Phi) is 3.68. The van der Waals surface area contributed by atoms with Crippen molar-refractivity contribution < 1.29 is 4.74 Å². The van der Waals surface area contributed by atoms with Crippen LogP contribution in [0.3, 0.4) is 0 Å². The van der Waals surface area contributed by atoms with Gasteiger partial charge in [-0.2, -0.15) is 0 Å². The highest BCUT2D eigenvalue weighted by molar-refractivity contribution is 7.17. The summed E-state index contributed by atoms with van der Waals surface area (Å²) < 4.78 is 7.16. The third kappa shape index (κ3) is 2.93. The standard InChI is InChI=1S/C18H19NOS/c1-11(2)16-10-21-17-9-19-18(8-15(16)17)20-14-6-12(3)5-13(4)7-14/h5-11H,1-4H3. The summed E-state index contributed by atoms with van der Waals surface area (Å²) in [5.41, 5.74) is 3.76. The predicted molar refractivity (Wildman–Crippen MR) is 89.7 cm³/mol. The summed E-state index contributed by atoms with van der Waals surface area (Å²) in [6.07, 6.45) is 1.91. The number of aromatic nitrogens is 1. The minimum absolute atomic E-state index is 0.509. The first-order valence-electron chi connectivity index (χ1n) is 7.16. The quantitative estimate of drug-likeness (QED) is 0.607. The molecule has 3 heteroatoms. The number of aryl methyl sites for hydroxylation is 2. The van der Waals surface area contributed by atoms with Crippen LogP contribution in [0.4, 0.5) is 0 Å². The van der Waals surface area contributed by atoms with Crippen LogP contribution in [-0.2, 0) is 0 Å². The van der Waals surface area contributed by atoms with Crippen LogP contribution in [-0.4, -0.2) is 4.98 Å². The van der Waals surface area contributed by atoms with E-state index in [1.165, 1.54) is 26.8 Å². The number of hydrogen-bond acceptors (Lipinski definition) is 3. The number of hydrogen-bond donors (Lipinski definition) is 0. The van der Waals surface area contributed by atoms with Gasteiger partial charge in [-0.25, -0.2) is 4.98 Å². The smallest absolute Gasteiger partial charge is 0.219 e. The normalized spacial score (nSPS) is 11.3. The van der Waals surface area contributed by atoms with Crippen LogP contribution in [0.1, 0.15) is 36.5 Å². The molecule has 21 heavy (non-hydrogen) atoms. The maximum atomic E-state index is 5.95. The molecule has 3 aromatic rings. The van der Waals surface area contributed by atoms with Crippen molar-refractivity contribution in [2.45, 2.75) is 33.6 Å². The molecule has 0 radical (unpaired) electrons. The summed E-state index contributed by atoms with van der Waals surface area (Å²) in [5.74, 6) is 2.02. The monoisotopic (exact) mass is 297 g/mol. The van der Waals surface area contributed by atoms with Gasteiger partial charge < -0.3 is 4.74 Å². The molecule has 108 valence electrons. The molecule has 0 fully saturated rings. The molecule has 2 heterocycles. The van der Waals surface area contributed by atoms with Crippen molar-refractivity contribution in [2.24, 2.45) is 0 Å². The molecule has 0 saturated carbocycles. The van der Waals surface area contributed by atoms with Crippen molar-refractivity contribution in [1.29, 1.82) is 0 Å². The fourth-order valence-electron chi connectivity index (χ4n) is 2.55. The van der Waals surface area contributed by atoms with Crippen LogP contribution in [0.2, 0.25) is 0 Å². The van der Waals surface area contributed by atoms with Gasteiger partial charge in [-0.05, 0) is 54.0 Å². The van der Waals surface area contributed by atoms with E-state index in [4.69, 9.17) is 4.74 Å². The van der Waals surface area contributed by atoms with Crippen LogP contribution < -0.4 is 4.74 Å². The SMILES string of the molecule is Cc1cc(C)cc(Oc2cc3c(C(C)C)csc3cn2)c1. The second kappa shape index (κ2) is 5.49. The molecule has 1 aromatic carbocycles. The van der Waals surface area contributed by atoms with Crippen LogP contribution in [0, 0.1) is 13.8 Å². The fraction of sp³-hybridized carbons (Fsp3) is 0.278. The summed E-state index contributed by atoms with van der Waals surface area (Å²) in [5, 5.41) is 3.47. The Hall–Kier alpha value is -1.87. The fourth-order valence-corrected chi connectivity index (χ4v) is 3.62. The number of benzene rings is 1. The molecule has 0 amide bonds. The highest BCUT2D eigenvalue weighted by Crippen LogP contribution is 2.33. The van der Waals surface area contributed by atoms with E-state index in [0.29, 0.717) is 11.8 Å². The average molecular weight is 297 g/mol. The minimum atomic E-state index is 0.509. The number of nitrogens with zero attached hydrogens (tertiary/aromatic N) is 1. The first-order chi connectivity index (χ1) is 10.0. The number of fused-ring (bicyclic) bond motifs is 1. The van der Waals surface area contributed by atoms with Gasteiger partial charge >= 0.3 is 0 Å². The largest absolute Gasteiger partial charge is 0.439 e. The molecule has 0 aliphatic rings. The van der Waals surface area contributed by atoms with Gasteiger partial charge in [0.2, 0.25) is 5.88 Å². The van der Waals surface area contributed by atoms with Crippen molar-refractivity contribution in [3.8, 4) is 11.6 Å². The number of thiophene rings is 1. The Morgan fingerprint density at radius 2 is 1.76 bits per heavy atom. The van der Waals surface area contributed by atoms with E-state index in [1.54, 1.807) is 11.3 Å². The van der Waals surface area contributed by atoms with Crippen LogP contribution in [0.5, 0.6) is 11.6 Å². The Morgan fingerprint density at radius 3 is 2.43 bits per heavy atom. The van der Waals surface area contributed by atoms with Crippen molar-refractivity contribution in [1.82, 2.24) is 4.98 Å². The Morgan fingerprint density at radius 1 is 1.05 bits per heavy atom. The molecule has 0 saturated heterocycles. The topological polar surface area (TPSA) is 22.1 Å². The molecule has 2 aromatic heterocycles. The maximum Gasteiger partial charge on any atom is 0.219 e. The van der Waals surface area contributed by atoms with Gasteiger partial charge in [0.1, 0.15) is 5.75 Å². The number of pyridine rings is 1. The van der Waals surface area contributed by atoms with E-state index >= 15 is 0 Å². The van der Waals surface area contributed by atoms with Crippen molar-refractivity contribution >= 4 is 21.4 Å². The third-order valence-electron chi connectivity index (χ3n) is 3.51. The maximum absolute atomic E-state index is 5.95. The van der Waals surface area contributed by atoms with Gasteiger partial charge in [-0.3, -0.25) is 0 Å². The van der Waals surface area contributed by atoms with Gasteiger partial charge in [0.05, 0.1) is 4.70 Å². The molecule has 0 spiro atoms. The second-order valence-corrected chi connectivity index (χ2v) is 6.70. The summed E-state index contributed by atoms with van der Waals surface area (Å²) in [4.78, 5) is 4.42. The average Bonchev–Trinajstić information content (AvgIpc) is 2.80. The molecule has 0 N–H and O–H groups in total. The molecule has 0 aliphatic heterocycles. The van der Waals surface area contributed by atoms with Gasteiger partial charge in [0, 0.05) is 17.6 Å². The molecule has 2 nitrogen and oxygen atoms in total. The summed E-state index contributed by atoms with van der Waals surface area (Å²) in [6.45, 7) is 8.58. The molecule has 0 aliphatic carbocycles. The molecule has 0 unspecified atom stereocenters. The summed E-state index contributed by atoms with van der Waals surface area (Å²) in [6, 6.07) is 8.27. The van der Waals surface area contributed by atoms with E-state index in [2.05, 4.69) is 50.2 Å². The first kappa shape index (κ1) is 14.1. The molecule has 0 bridgehead atoms. The predicted octanol–water partition coefficient (Wildman–Crippen LogP) is 5.83. The summed E-state index contributed by atoms with van der Waals surface area (Å²) >= 11 is 1.74. The molecular weight excluding hydrogens is 278 g/mol. The van der Waals surface area contributed by atoms with Crippen LogP contribution in [0.15, 0.2) is 35.8 Å². The highest BCUT2D eigenvalue weighted by Gasteiger charge is 2.10. The van der Waals surface area contributed by atoms with Crippen LogP contribution >= 0.6 is 11.3 Å². The molecule has 3 rings (SSSR count). The lowest BCUT2D eigenvalue weighted by atomic mass is 10.0. The number of ether oxygens (including phenoxy) is 1. The Bertz CT molecular complexity index is 769. The first-order valence-corrected chi connectivity index (χ1v) is 8.04. The van der Waals surface area contributed by atoms with E-state index in [1.807, 2.05) is 18.3 Å². The zero-order valence-corrected chi connectivity index (χ0v) is 13.6. The van der Waals surface area contributed by atoms with E-state index in [-0.39, 0.29) is 0 Å². The Labute approximate surface area is 129 Å². The highest BCUT2D eigenvalue weighted by atomic mass is 32.1. The second-order valence-electron chi connectivity index (χ2n) is 5.79. The molecular formula is C18H19NOS. The van der Waals surface area contributed by atoms with Crippen molar-refractivity contribution in [3.05, 3.63) is 52.5 Å². The minimum Gasteiger partial charge on any atom is -0.439 e. The Balaban J connectivity index is 1.98. The lowest BCUT2D eigenvalue weighted by molar-refractivity contribution is 0.463. The van der Waals surface area contributed by atoms with Gasteiger partial charge in [-0.15, -0.1) is 11.3 Å². The van der Waals surface area contributed by atoms with Gasteiger partial charge in [0.25, 0.3) is 0 Å². The van der Waals surface area contributed by atoms with E-state index in [0.717, 1.165) is 5.75 Å². The van der Waals surface area contributed by atoms with Crippen molar-refractivity contribution in [2.75, 3.05) is 0 Å². The van der Waals surface area contributed by atoms with E-state index in [9.17, 15) is 0 Å². The number of rotatable bonds is 3. The van der Waals surface area contributed by atoms with E-state index < -0.39 is 0 Å². The van der Waals surface area contributed by atoms with Crippen LogP contribution in [0.25, 0.3) is 10.1 Å². The molecule has 0 atom stereocenters. The summed E-state index contributed by atoms with van der Waals surface area (Å²) in [7, 11) is 0. The lowest BCUT2D eigenvalue weighted by Crippen LogP contribution is -1.90. The zero-order valence-electron chi connectivity index (χ0n) is 12.8. The van der Waals surface area contributed by atoms with Gasteiger partial charge in [-0.1, -0.05) is 19.9 Å².